The number of nitrogens with one attached hydrogen (secondary N) is 1. The van der Waals surface area contributed by atoms with Crippen LogP contribution in [-0.4, -0.2) is 22.2 Å². The fourth-order valence-corrected chi connectivity index (χ4v) is 1.49. The quantitative estimate of drug-likeness (QED) is 0.737. The number of nitrogen functional groups attached to an aromatic ring is 1. The number of carbonyl (C=O) groups is 1. The summed E-state index contributed by atoms with van der Waals surface area (Å²) < 4.78 is 0. The molecule has 5 heteroatoms. The number of nitrogens with two attached hydrogens (primary N) is 1. The molecule has 1 amide bonds. The van der Waals surface area contributed by atoms with Gasteiger partial charge in [-0.05, 0) is 45.9 Å². The molecule has 0 saturated heterocycles. The fraction of sp³-hybridized carbons (Fsp3) is 0.462. The van der Waals surface area contributed by atoms with Gasteiger partial charge in [-0.15, -0.1) is 0 Å². The highest BCUT2D eigenvalue weighted by Gasteiger charge is 2.36. The van der Waals surface area contributed by atoms with E-state index >= 15 is 0 Å². The minimum Gasteiger partial charge on any atom is -0.399 e. The van der Waals surface area contributed by atoms with Crippen molar-refractivity contribution in [2.75, 3.05) is 5.73 Å². The third kappa shape index (κ3) is 3.15. The molecule has 0 atom stereocenters. The van der Waals surface area contributed by atoms with Crippen LogP contribution >= 0.6 is 11.6 Å². The number of aliphatic hydroxyl groups is 1. The van der Waals surface area contributed by atoms with Gasteiger partial charge in [0.05, 0.1) is 21.7 Å². The van der Waals surface area contributed by atoms with Crippen molar-refractivity contribution in [3.8, 4) is 0 Å². The molecule has 0 aliphatic rings. The lowest BCUT2D eigenvalue weighted by Gasteiger charge is -2.38. The molecule has 0 bridgehead atoms. The summed E-state index contributed by atoms with van der Waals surface area (Å²) in [6.45, 7) is 6.77. The van der Waals surface area contributed by atoms with Crippen LogP contribution in [0.2, 0.25) is 5.02 Å². The Morgan fingerprint density at radius 2 is 1.89 bits per heavy atom. The number of carbonyl (C=O) groups excluding carboxylic acids is 1. The van der Waals surface area contributed by atoms with Crippen LogP contribution in [0.1, 0.15) is 38.1 Å². The second kappa shape index (κ2) is 4.78. The average molecular weight is 271 g/mol. The van der Waals surface area contributed by atoms with Crippen LogP contribution in [0.3, 0.4) is 0 Å². The molecular formula is C13H19ClN2O2. The van der Waals surface area contributed by atoms with Gasteiger partial charge in [0.15, 0.2) is 0 Å². The summed E-state index contributed by atoms with van der Waals surface area (Å²) in [5.41, 5.74) is 4.57. The van der Waals surface area contributed by atoms with E-state index in [-0.39, 0.29) is 5.91 Å². The van der Waals surface area contributed by atoms with Gasteiger partial charge in [0, 0.05) is 5.69 Å². The Balaban J connectivity index is 2.96. The van der Waals surface area contributed by atoms with Crippen molar-refractivity contribution in [2.45, 2.75) is 38.8 Å². The van der Waals surface area contributed by atoms with Gasteiger partial charge in [0.25, 0.3) is 5.91 Å². The first-order valence-corrected chi connectivity index (χ1v) is 6.02. The Hall–Kier alpha value is -1.26. The lowest BCUT2D eigenvalue weighted by Crippen LogP contribution is -2.57. The largest absolute Gasteiger partial charge is 0.399 e. The molecule has 0 aliphatic carbocycles. The Morgan fingerprint density at radius 3 is 2.33 bits per heavy atom. The molecule has 0 heterocycles. The first-order chi connectivity index (χ1) is 8.04. The highest BCUT2D eigenvalue weighted by molar-refractivity contribution is 6.34. The Kier molecular flexibility index (Phi) is 3.93. The van der Waals surface area contributed by atoms with Crippen molar-refractivity contribution in [3.05, 3.63) is 28.8 Å². The Bertz CT molecular complexity index is 465. The normalized spacial score (nSPS) is 12.3. The highest BCUT2D eigenvalue weighted by Crippen LogP contribution is 2.23. The molecule has 100 valence electrons. The van der Waals surface area contributed by atoms with Gasteiger partial charge in [-0.2, -0.15) is 0 Å². The first-order valence-electron chi connectivity index (χ1n) is 5.64. The third-order valence-corrected chi connectivity index (χ3v) is 3.51. The number of hydrogen-bond donors (Lipinski definition) is 3. The van der Waals surface area contributed by atoms with Crippen LogP contribution in [-0.2, 0) is 0 Å². The van der Waals surface area contributed by atoms with Crippen molar-refractivity contribution in [1.29, 1.82) is 0 Å². The number of halogens is 1. The Labute approximate surface area is 112 Å². The zero-order chi connectivity index (χ0) is 14.1. The molecule has 0 saturated carbocycles. The van der Waals surface area contributed by atoms with E-state index in [1.54, 1.807) is 39.8 Å². The molecule has 1 aromatic carbocycles. The van der Waals surface area contributed by atoms with Gasteiger partial charge >= 0.3 is 0 Å². The van der Waals surface area contributed by atoms with Gasteiger partial charge in [0.1, 0.15) is 0 Å². The van der Waals surface area contributed by atoms with Gasteiger partial charge in [0.2, 0.25) is 0 Å². The topological polar surface area (TPSA) is 75.3 Å². The number of benzene rings is 1. The number of rotatable bonds is 3. The van der Waals surface area contributed by atoms with E-state index in [4.69, 9.17) is 17.3 Å². The van der Waals surface area contributed by atoms with Crippen molar-refractivity contribution in [1.82, 2.24) is 5.32 Å². The van der Waals surface area contributed by atoms with Crippen molar-refractivity contribution < 1.29 is 9.90 Å². The standard InChI is InChI=1S/C13H19ClN2O2/c1-12(2,13(3,4)18)16-11(17)9-6-5-8(15)7-10(9)14/h5-7,18H,15H2,1-4H3,(H,16,17). The van der Waals surface area contributed by atoms with Crippen LogP contribution in [0.5, 0.6) is 0 Å². The molecule has 0 unspecified atom stereocenters. The summed E-state index contributed by atoms with van der Waals surface area (Å²) in [5, 5.41) is 13.0. The van der Waals surface area contributed by atoms with Gasteiger partial charge in [-0.3, -0.25) is 4.79 Å². The minimum atomic E-state index is -1.05. The second-order valence-corrected chi connectivity index (χ2v) is 5.78. The molecule has 0 radical (unpaired) electrons. The van der Waals surface area contributed by atoms with Crippen LogP contribution in [0.4, 0.5) is 5.69 Å². The van der Waals surface area contributed by atoms with E-state index in [1.807, 2.05) is 0 Å². The summed E-state index contributed by atoms with van der Waals surface area (Å²) in [5.74, 6) is -0.341. The minimum absolute atomic E-state index is 0.291. The van der Waals surface area contributed by atoms with Crippen LogP contribution < -0.4 is 11.1 Å². The van der Waals surface area contributed by atoms with Crippen LogP contribution in [0.15, 0.2) is 18.2 Å². The van der Waals surface area contributed by atoms with E-state index in [1.165, 1.54) is 6.07 Å². The zero-order valence-corrected chi connectivity index (χ0v) is 11.8. The molecule has 0 spiro atoms. The molecular weight excluding hydrogens is 252 g/mol. The molecule has 4 nitrogen and oxygen atoms in total. The van der Waals surface area contributed by atoms with E-state index in [2.05, 4.69) is 5.32 Å². The summed E-state index contributed by atoms with van der Waals surface area (Å²) >= 11 is 5.96. The lowest BCUT2D eigenvalue weighted by atomic mass is 9.85. The average Bonchev–Trinajstić information content (AvgIpc) is 2.14. The smallest absolute Gasteiger partial charge is 0.253 e. The second-order valence-electron chi connectivity index (χ2n) is 5.38. The summed E-state index contributed by atoms with van der Waals surface area (Å²) in [6, 6.07) is 4.69. The first kappa shape index (κ1) is 14.8. The number of amides is 1. The number of hydrogen-bond acceptors (Lipinski definition) is 3. The van der Waals surface area contributed by atoms with E-state index in [0.29, 0.717) is 16.3 Å². The van der Waals surface area contributed by atoms with Gasteiger partial charge in [-0.1, -0.05) is 11.6 Å². The molecule has 0 aromatic heterocycles. The maximum absolute atomic E-state index is 12.1. The van der Waals surface area contributed by atoms with Crippen LogP contribution in [0.25, 0.3) is 0 Å². The predicted molar refractivity (Wildman–Crippen MR) is 73.7 cm³/mol. The van der Waals surface area contributed by atoms with Crippen molar-refractivity contribution in [2.24, 2.45) is 0 Å². The van der Waals surface area contributed by atoms with E-state index < -0.39 is 11.1 Å². The lowest BCUT2D eigenvalue weighted by molar-refractivity contribution is -0.00292. The molecule has 18 heavy (non-hydrogen) atoms. The SMILES string of the molecule is CC(C)(O)C(C)(C)NC(=O)c1ccc(N)cc1Cl. The maximum atomic E-state index is 12.1. The summed E-state index contributed by atoms with van der Waals surface area (Å²) in [6.07, 6.45) is 0. The monoisotopic (exact) mass is 270 g/mol. The molecule has 1 aromatic rings. The molecule has 4 N–H and O–H groups in total. The van der Waals surface area contributed by atoms with Crippen molar-refractivity contribution >= 4 is 23.2 Å². The predicted octanol–water partition coefficient (Wildman–Crippen LogP) is 2.20. The third-order valence-electron chi connectivity index (χ3n) is 3.19. The van der Waals surface area contributed by atoms with Gasteiger partial charge < -0.3 is 16.2 Å². The molecule has 1 rings (SSSR count). The van der Waals surface area contributed by atoms with Gasteiger partial charge in [-0.25, -0.2) is 0 Å². The van der Waals surface area contributed by atoms with Crippen molar-refractivity contribution in [3.63, 3.8) is 0 Å². The zero-order valence-electron chi connectivity index (χ0n) is 11.0. The summed E-state index contributed by atoms with van der Waals surface area (Å²) in [7, 11) is 0. The van der Waals surface area contributed by atoms with Crippen LogP contribution in [0, 0.1) is 0 Å². The fourth-order valence-electron chi connectivity index (χ4n) is 1.22. The maximum Gasteiger partial charge on any atom is 0.253 e. The summed E-state index contributed by atoms with van der Waals surface area (Å²) in [4.78, 5) is 12.1. The number of anilines is 1. The Morgan fingerprint density at radius 1 is 1.33 bits per heavy atom. The molecule has 0 aliphatic heterocycles. The van der Waals surface area contributed by atoms with E-state index in [9.17, 15) is 9.90 Å². The van der Waals surface area contributed by atoms with E-state index in [0.717, 1.165) is 0 Å². The molecule has 0 fully saturated rings. The highest BCUT2D eigenvalue weighted by atomic mass is 35.5.